The molecular formula is C13H19ClN2O3S. The van der Waals surface area contributed by atoms with Gasteiger partial charge in [0.25, 0.3) is 0 Å². The zero-order valence-electron chi connectivity index (χ0n) is 11.4. The number of ether oxygens (including phenoxy) is 1. The van der Waals surface area contributed by atoms with E-state index in [9.17, 15) is 8.42 Å². The SMILES string of the molecule is CN(CC1CCOCC1)S(=O)(=O)c1cc(N)ccc1Cl. The highest BCUT2D eigenvalue weighted by molar-refractivity contribution is 7.89. The first-order valence-corrected chi connectivity index (χ1v) is 8.32. The summed E-state index contributed by atoms with van der Waals surface area (Å²) in [5.74, 6) is 0.323. The second kappa shape index (κ2) is 6.30. The number of hydrogen-bond acceptors (Lipinski definition) is 4. The van der Waals surface area contributed by atoms with E-state index in [-0.39, 0.29) is 9.92 Å². The van der Waals surface area contributed by atoms with Gasteiger partial charge in [-0.3, -0.25) is 0 Å². The number of anilines is 1. The van der Waals surface area contributed by atoms with Crippen molar-refractivity contribution in [1.29, 1.82) is 0 Å². The van der Waals surface area contributed by atoms with Crippen molar-refractivity contribution in [1.82, 2.24) is 4.31 Å². The Bertz CT molecular complexity index is 571. The standard InChI is InChI=1S/C13H19ClN2O3S/c1-16(9-10-4-6-19-7-5-10)20(17,18)13-8-11(15)2-3-12(13)14/h2-3,8,10H,4-7,9,15H2,1H3. The van der Waals surface area contributed by atoms with Gasteiger partial charge in [0.15, 0.2) is 0 Å². The molecular weight excluding hydrogens is 300 g/mol. The number of benzene rings is 1. The summed E-state index contributed by atoms with van der Waals surface area (Å²) in [7, 11) is -2.04. The van der Waals surface area contributed by atoms with Gasteiger partial charge in [-0.2, -0.15) is 0 Å². The van der Waals surface area contributed by atoms with E-state index in [1.807, 2.05) is 0 Å². The Labute approximate surface area is 124 Å². The van der Waals surface area contributed by atoms with E-state index in [1.165, 1.54) is 16.4 Å². The molecule has 2 rings (SSSR count). The van der Waals surface area contributed by atoms with Gasteiger partial charge in [-0.1, -0.05) is 11.6 Å². The molecule has 0 aromatic heterocycles. The summed E-state index contributed by atoms with van der Waals surface area (Å²) < 4.78 is 31.7. The fourth-order valence-corrected chi connectivity index (χ4v) is 4.03. The highest BCUT2D eigenvalue weighted by Crippen LogP contribution is 2.27. The number of hydrogen-bond donors (Lipinski definition) is 1. The van der Waals surface area contributed by atoms with E-state index in [0.29, 0.717) is 31.4 Å². The number of rotatable bonds is 4. The molecule has 0 amide bonds. The minimum Gasteiger partial charge on any atom is -0.399 e. The molecule has 1 aromatic carbocycles. The van der Waals surface area contributed by atoms with Crippen LogP contribution in [0.2, 0.25) is 5.02 Å². The van der Waals surface area contributed by atoms with Gasteiger partial charge in [0.1, 0.15) is 4.90 Å². The predicted octanol–water partition coefficient (Wildman–Crippen LogP) is 1.97. The van der Waals surface area contributed by atoms with E-state index in [2.05, 4.69) is 0 Å². The van der Waals surface area contributed by atoms with Gasteiger partial charge in [-0.05, 0) is 37.0 Å². The van der Waals surface area contributed by atoms with E-state index in [4.69, 9.17) is 22.1 Å². The zero-order chi connectivity index (χ0) is 14.8. The maximum Gasteiger partial charge on any atom is 0.244 e. The first-order chi connectivity index (χ1) is 9.41. The van der Waals surface area contributed by atoms with Gasteiger partial charge in [-0.25, -0.2) is 12.7 Å². The average molecular weight is 319 g/mol. The zero-order valence-corrected chi connectivity index (χ0v) is 13.0. The number of nitrogens with zero attached hydrogens (tertiary/aromatic N) is 1. The van der Waals surface area contributed by atoms with Crippen LogP contribution in [0.1, 0.15) is 12.8 Å². The Morgan fingerprint density at radius 3 is 2.70 bits per heavy atom. The second-order valence-corrected chi connectivity index (χ2v) is 7.45. The molecule has 0 spiro atoms. The van der Waals surface area contributed by atoms with E-state index in [1.54, 1.807) is 13.1 Å². The fraction of sp³-hybridized carbons (Fsp3) is 0.538. The van der Waals surface area contributed by atoms with E-state index in [0.717, 1.165) is 12.8 Å². The molecule has 20 heavy (non-hydrogen) atoms. The molecule has 0 aliphatic carbocycles. The third kappa shape index (κ3) is 3.44. The Kier molecular flexibility index (Phi) is 4.90. The van der Waals surface area contributed by atoms with Crippen molar-refractivity contribution in [3.8, 4) is 0 Å². The summed E-state index contributed by atoms with van der Waals surface area (Å²) in [5, 5.41) is 0.193. The monoisotopic (exact) mass is 318 g/mol. The summed E-state index contributed by atoms with van der Waals surface area (Å²) in [6.07, 6.45) is 1.76. The molecule has 1 aromatic rings. The molecule has 0 radical (unpaired) electrons. The summed E-state index contributed by atoms with van der Waals surface area (Å²) in [5.41, 5.74) is 6.03. The quantitative estimate of drug-likeness (QED) is 0.861. The lowest BCUT2D eigenvalue weighted by Gasteiger charge is -2.27. The minimum absolute atomic E-state index is 0.0636. The molecule has 112 valence electrons. The maximum atomic E-state index is 12.5. The summed E-state index contributed by atoms with van der Waals surface area (Å²) >= 11 is 5.99. The molecule has 0 atom stereocenters. The van der Waals surface area contributed by atoms with Gasteiger partial charge >= 0.3 is 0 Å². The highest BCUT2D eigenvalue weighted by Gasteiger charge is 2.27. The molecule has 0 bridgehead atoms. The van der Waals surface area contributed by atoms with Crippen molar-refractivity contribution < 1.29 is 13.2 Å². The van der Waals surface area contributed by atoms with Gasteiger partial charge in [0, 0.05) is 32.5 Å². The topological polar surface area (TPSA) is 72.6 Å². The summed E-state index contributed by atoms with van der Waals surface area (Å²) in [4.78, 5) is 0.0636. The molecule has 0 saturated carbocycles. The van der Waals surface area contributed by atoms with Crippen LogP contribution in [0.3, 0.4) is 0 Å². The number of nitrogen functional groups attached to an aromatic ring is 1. The summed E-state index contributed by atoms with van der Waals surface area (Å²) in [6, 6.07) is 4.49. The largest absolute Gasteiger partial charge is 0.399 e. The smallest absolute Gasteiger partial charge is 0.244 e. The Balaban J connectivity index is 2.18. The molecule has 7 heteroatoms. The van der Waals surface area contributed by atoms with Crippen LogP contribution in [-0.2, 0) is 14.8 Å². The van der Waals surface area contributed by atoms with Gasteiger partial charge < -0.3 is 10.5 Å². The normalized spacial score (nSPS) is 17.6. The van der Waals surface area contributed by atoms with Crippen molar-refractivity contribution in [3.05, 3.63) is 23.2 Å². The lowest BCUT2D eigenvalue weighted by molar-refractivity contribution is 0.0620. The molecule has 1 fully saturated rings. The third-order valence-electron chi connectivity index (χ3n) is 3.50. The Morgan fingerprint density at radius 2 is 2.05 bits per heavy atom. The van der Waals surface area contributed by atoms with Crippen LogP contribution in [0.15, 0.2) is 23.1 Å². The molecule has 1 heterocycles. The van der Waals surface area contributed by atoms with Crippen LogP contribution in [0.4, 0.5) is 5.69 Å². The predicted molar refractivity (Wildman–Crippen MR) is 79.2 cm³/mol. The third-order valence-corrected chi connectivity index (χ3v) is 5.80. The lowest BCUT2D eigenvalue weighted by Crippen LogP contribution is -2.34. The Hall–Kier alpha value is -0.820. The van der Waals surface area contributed by atoms with Crippen LogP contribution < -0.4 is 5.73 Å². The minimum atomic E-state index is -3.61. The van der Waals surface area contributed by atoms with Crippen LogP contribution in [-0.4, -0.2) is 39.5 Å². The van der Waals surface area contributed by atoms with E-state index < -0.39 is 10.0 Å². The number of nitrogens with two attached hydrogens (primary N) is 1. The number of sulfonamides is 1. The molecule has 1 saturated heterocycles. The lowest BCUT2D eigenvalue weighted by atomic mass is 10.0. The molecule has 1 aliphatic heterocycles. The molecule has 0 unspecified atom stereocenters. The van der Waals surface area contributed by atoms with Crippen molar-refractivity contribution >= 4 is 27.3 Å². The van der Waals surface area contributed by atoms with E-state index >= 15 is 0 Å². The first kappa shape index (κ1) is 15.6. The van der Waals surface area contributed by atoms with Crippen molar-refractivity contribution in [2.75, 3.05) is 32.5 Å². The second-order valence-electron chi connectivity index (χ2n) is 5.03. The summed E-state index contributed by atoms with van der Waals surface area (Å²) in [6.45, 7) is 1.85. The van der Waals surface area contributed by atoms with Crippen molar-refractivity contribution in [2.24, 2.45) is 5.92 Å². The average Bonchev–Trinajstić information content (AvgIpc) is 2.42. The van der Waals surface area contributed by atoms with Gasteiger partial charge in [0.2, 0.25) is 10.0 Å². The maximum absolute atomic E-state index is 12.5. The number of halogens is 1. The fourth-order valence-electron chi connectivity index (χ4n) is 2.28. The first-order valence-electron chi connectivity index (χ1n) is 6.50. The van der Waals surface area contributed by atoms with Gasteiger partial charge in [-0.15, -0.1) is 0 Å². The van der Waals surface area contributed by atoms with Crippen LogP contribution >= 0.6 is 11.6 Å². The van der Waals surface area contributed by atoms with Crippen LogP contribution in [0, 0.1) is 5.92 Å². The highest BCUT2D eigenvalue weighted by atomic mass is 35.5. The van der Waals surface area contributed by atoms with Crippen molar-refractivity contribution in [2.45, 2.75) is 17.7 Å². The van der Waals surface area contributed by atoms with Gasteiger partial charge in [0.05, 0.1) is 5.02 Å². The van der Waals surface area contributed by atoms with Crippen LogP contribution in [0.5, 0.6) is 0 Å². The molecule has 5 nitrogen and oxygen atoms in total. The Morgan fingerprint density at radius 1 is 1.40 bits per heavy atom. The van der Waals surface area contributed by atoms with Crippen molar-refractivity contribution in [3.63, 3.8) is 0 Å². The van der Waals surface area contributed by atoms with Crippen LogP contribution in [0.25, 0.3) is 0 Å². The molecule has 2 N–H and O–H groups in total. The molecule has 1 aliphatic rings.